The fourth-order valence-electron chi connectivity index (χ4n) is 5.33. The zero-order valence-corrected chi connectivity index (χ0v) is 34.9. The van der Waals surface area contributed by atoms with E-state index in [9.17, 15) is 19.0 Å². The number of allylic oxidation sites excluding steroid dienone is 6. The summed E-state index contributed by atoms with van der Waals surface area (Å²) in [6, 6.07) is 0. The molecule has 304 valence electrons. The van der Waals surface area contributed by atoms with Crippen LogP contribution >= 0.6 is 7.82 Å². The molecule has 0 saturated carbocycles. The van der Waals surface area contributed by atoms with Crippen LogP contribution in [0.1, 0.15) is 168 Å². The van der Waals surface area contributed by atoms with Crippen LogP contribution in [0.5, 0.6) is 0 Å². The lowest BCUT2D eigenvalue weighted by Crippen LogP contribution is -2.37. The molecule has 0 rings (SSSR count). The van der Waals surface area contributed by atoms with Crippen molar-refractivity contribution in [3.05, 3.63) is 36.5 Å². The Morgan fingerprint density at radius 2 is 1.04 bits per heavy atom. The number of hydrogen-bond donors (Lipinski definition) is 1. The second-order valence-electron chi connectivity index (χ2n) is 15.0. The van der Waals surface area contributed by atoms with E-state index in [2.05, 4.69) is 50.3 Å². The number of hydrogen-bond acceptors (Lipinski definition) is 7. The molecule has 0 heterocycles. The first-order chi connectivity index (χ1) is 25.0. The minimum atomic E-state index is -4.38. The van der Waals surface area contributed by atoms with Crippen molar-refractivity contribution in [3.63, 3.8) is 0 Å². The number of nitrogens with zero attached hydrogens (tertiary/aromatic N) is 1. The summed E-state index contributed by atoms with van der Waals surface area (Å²) in [4.78, 5) is 35.2. The van der Waals surface area contributed by atoms with Crippen LogP contribution in [0.3, 0.4) is 0 Å². The predicted molar refractivity (Wildman–Crippen MR) is 215 cm³/mol. The molecule has 0 aromatic carbocycles. The van der Waals surface area contributed by atoms with Crippen LogP contribution in [-0.2, 0) is 32.7 Å². The number of rotatable bonds is 37. The van der Waals surface area contributed by atoms with Crippen molar-refractivity contribution in [1.29, 1.82) is 0 Å². The van der Waals surface area contributed by atoms with E-state index in [1.165, 1.54) is 70.6 Å². The fraction of sp³-hybridized carbons (Fsp3) is 0.810. The van der Waals surface area contributed by atoms with Gasteiger partial charge in [0, 0.05) is 12.8 Å². The third-order valence-electron chi connectivity index (χ3n) is 8.64. The number of unbranched alkanes of at least 4 members (excludes halogenated alkanes) is 17. The van der Waals surface area contributed by atoms with Gasteiger partial charge in [-0.2, -0.15) is 0 Å². The van der Waals surface area contributed by atoms with Gasteiger partial charge in [0.1, 0.15) is 19.8 Å². The smallest absolute Gasteiger partial charge is 0.462 e. The van der Waals surface area contributed by atoms with Crippen molar-refractivity contribution in [1.82, 2.24) is 0 Å². The van der Waals surface area contributed by atoms with E-state index in [-0.39, 0.29) is 26.1 Å². The van der Waals surface area contributed by atoms with Crippen molar-refractivity contribution >= 4 is 19.8 Å². The first-order valence-electron chi connectivity index (χ1n) is 20.7. The number of likely N-dealkylation sites (N-methyl/N-ethyl adjacent to an activating group) is 1. The van der Waals surface area contributed by atoms with Crippen LogP contribution in [0.2, 0.25) is 0 Å². The lowest BCUT2D eigenvalue weighted by molar-refractivity contribution is -0.870. The zero-order chi connectivity index (χ0) is 38.6. The third kappa shape index (κ3) is 38.0. The van der Waals surface area contributed by atoms with Crippen LogP contribution in [0, 0.1) is 0 Å². The molecule has 0 aromatic heterocycles. The van der Waals surface area contributed by atoms with E-state index in [1.54, 1.807) is 0 Å². The summed E-state index contributed by atoms with van der Waals surface area (Å²) in [7, 11) is 1.45. The number of carbonyl (C=O) groups excluding carboxylic acids is 2. The zero-order valence-electron chi connectivity index (χ0n) is 34.0. The van der Waals surface area contributed by atoms with Crippen molar-refractivity contribution in [2.75, 3.05) is 47.5 Å². The molecule has 10 heteroatoms. The number of phosphoric acid groups is 1. The molecular formula is C42H79NO8P+. The normalized spacial score (nSPS) is 14.0. The average Bonchev–Trinajstić information content (AvgIpc) is 3.09. The predicted octanol–water partition coefficient (Wildman–Crippen LogP) is 11.4. The Morgan fingerprint density at radius 1 is 0.596 bits per heavy atom. The van der Waals surface area contributed by atoms with Crippen LogP contribution in [0.25, 0.3) is 0 Å². The summed E-state index contributed by atoms with van der Waals surface area (Å²) in [5.74, 6) is -0.848. The third-order valence-corrected chi connectivity index (χ3v) is 9.63. The molecule has 2 atom stereocenters. The number of esters is 2. The Bertz CT molecular complexity index is 991. The molecule has 0 amide bonds. The van der Waals surface area contributed by atoms with Gasteiger partial charge in [0.15, 0.2) is 6.10 Å². The summed E-state index contributed by atoms with van der Waals surface area (Å²) >= 11 is 0. The number of carbonyl (C=O) groups is 2. The van der Waals surface area contributed by atoms with E-state index in [1.807, 2.05) is 21.1 Å². The molecular weight excluding hydrogens is 677 g/mol. The van der Waals surface area contributed by atoms with E-state index < -0.39 is 32.5 Å². The van der Waals surface area contributed by atoms with Crippen LogP contribution < -0.4 is 0 Å². The standard InChI is InChI=1S/C42H78NO8P/c1-6-8-10-12-14-16-18-20-21-23-24-26-28-30-32-34-41(44)48-38-40(39-50-52(46,47)49-37-36-43(3,4)5)51-42(45)35-33-31-29-27-25-22-19-17-15-13-11-9-7-2/h17,19-21,24,26,40H,6-16,18,22-23,25,27-39H2,1-5H3/p+1/b19-17+,21-20+,26-24+/t40-/m1/s1. The largest absolute Gasteiger partial charge is 0.472 e. The van der Waals surface area contributed by atoms with Crippen molar-refractivity contribution in [2.24, 2.45) is 0 Å². The highest BCUT2D eigenvalue weighted by Crippen LogP contribution is 2.43. The highest BCUT2D eigenvalue weighted by Gasteiger charge is 2.27. The molecule has 0 radical (unpaired) electrons. The number of quaternary nitrogens is 1. The molecule has 0 saturated heterocycles. The van der Waals surface area contributed by atoms with E-state index in [0.717, 1.165) is 57.8 Å². The Labute approximate surface area is 319 Å². The van der Waals surface area contributed by atoms with Crippen molar-refractivity contribution < 1.29 is 42.1 Å². The highest BCUT2D eigenvalue weighted by atomic mass is 31.2. The molecule has 0 aliphatic carbocycles. The average molecular weight is 757 g/mol. The molecule has 0 bridgehead atoms. The molecule has 0 fully saturated rings. The van der Waals surface area contributed by atoms with E-state index >= 15 is 0 Å². The van der Waals surface area contributed by atoms with Crippen molar-refractivity contribution in [3.8, 4) is 0 Å². The first-order valence-corrected chi connectivity index (χ1v) is 22.2. The minimum Gasteiger partial charge on any atom is -0.462 e. The first kappa shape index (κ1) is 50.2. The lowest BCUT2D eigenvalue weighted by atomic mass is 10.1. The molecule has 1 N–H and O–H groups in total. The van der Waals surface area contributed by atoms with Gasteiger partial charge in [0.2, 0.25) is 0 Å². The molecule has 9 nitrogen and oxygen atoms in total. The highest BCUT2D eigenvalue weighted by molar-refractivity contribution is 7.47. The maximum Gasteiger partial charge on any atom is 0.472 e. The van der Waals surface area contributed by atoms with Gasteiger partial charge in [-0.25, -0.2) is 4.57 Å². The van der Waals surface area contributed by atoms with Gasteiger partial charge in [-0.15, -0.1) is 0 Å². The summed E-state index contributed by atoms with van der Waals surface area (Å²) in [6.45, 7) is 4.34. The number of ether oxygens (including phenoxy) is 2. The Morgan fingerprint density at radius 3 is 1.60 bits per heavy atom. The second kappa shape index (κ2) is 35.0. The fourth-order valence-corrected chi connectivity index (χ4v) is 6.07. The summed E-state index contributed by atoms with van der Waals surface area (Å²) in [6.07, 6.45) is 37.6. The van der Waals surface area contributed by atoms with Gasteiger partial charge in [-0.3, -0.25) is 18.6 Å². The quantitative estimate of drug-likeness (QED) is 0.0219. The molecule has 52 heavy (non-hydrogen) atoms. The second-order valence-corrected chi connectivity index (χ2v) is 16.5. The SMILES string of the molecule is CCCCCC/C=C/CCCCCCCC(=O)O[C@H](COC(=O)CCCC/C=C/C/C=C/CCCCCCCC)COP(=O)(O)OCC[N+](C)(C)C. The van der Waals surface area contributed by atoms with Gasteiger partial charge in [0.25, 0.3) is 0 Å². The van der Waals surface area contributed by atoms with Gasteiger partial charge < -0.3 is 18.9 Å². The van der Waals surface area contributed by atoms with Crippen LogP contribution in [0.4, 0.5) is 0 Å². The maximum atomic E-state index is 12.6. The Kier molecular flexibility index (Phi) is 33.8. The van der Waals surface area contributed by atoms with E-state index in [0.29, 0.717) is 23.9 Å². The minimum absolute atomic E-state index is 0.0250. The van der Waals surface area contributed by atoms with Crippen LogP contribution in [0.15, 0.2) is 36.5 Å². The molecule has 0 aliphatic heterocycles. The molecule has 0 aromatic rings. The molecule has 0 spiro atoms. The Hall–Kier alpha value is -1.77. The van der Waals surface area contributed by atoms with Crippen LogP contribution in [-0.4, -0.2) is 74.9 Å². The monoisotopic (exact) mass is 757 g/mol. The van der Waals surface area contributed by atoms with Gasteiger partial charge in [-0.1, -0.05) is 121 Å². The van der Waals surface area contributed by atoms with Gasteiger partial charge >= 0.3 is 19.8 Å². The summed E-state index contributed by atoms with van der Waals surface area (Å²) in [5, 5.41) is 0. The van der Waals surface area contributed by atoms with E-state index in [4.69, 9.17) is 18.5 Å². The lowest BCUT2D eigenvalue weighted by Gasteiger charge is -2.24. The van der Waals surface area contributed by atoms with Gasteiger partial charge in [0.05, 0.1) is 27.7 Å². The summed E-state index contributed by atoms with van der Waals surface area (Å²) < 4.78 is 34.2. The Balaban J connectivity index is 4.47. The molecule has 1 unspecified atom stereocenters. The number of phosphoric ester groups is 1. The summed E-state index contributed by atoms with van der Waals surface area (Å²) in [5.41, 5.74) is 0. The van der Waals surface area contributed by atoms with Crippen molar-refractivity contribution in [2.45, 2.75) is 174 Å². The topological polar surface area (TPSA) is 108 Å². The van der Waals surface area contributed by atoms with Gasteiger partial charge in [-0.05, 0) is 70.6 Å². The maximum absolute atomic E-state index is 12.6. The molecule has 0 aliphatic rings.